The van der Waals surface area contributed by atoms with Gasteiger partial charge in [-0.25, -0.2) is 0 Å². The molecule has 2 fully saturated rings. The minimum Gasteiger partial charge on any atom is -0.333 e. The molecule has 112 valence electrons. The third kappa shape index (κ3) is 2.47. The molecule has 2 N–H and O–H groups in total. The molecule has 4 rings (SSSR count). The Balaban J connectivity index is 0.00000132. The maximum atomic E-state index is 12.6. The van der Waals surface area contributed by atoms with Crippen LogP contribution in [0.4, 0.5) is 0 Å². The molecule has 2 aromatic rings. The van der Waals surface area contributed by atoms with E-state index in [0.29, 0.717) is 17.7 Å². The number of hydrogen-bond acceptors (Lipinski definition) is 4. The summed E-state index contributed by atoms with van der Waals surface area (Å²) in [7, 11) is 0. The molecule has 2 aliphatic heterocycles. The number of halogens is 1. The van der Waals surface area contributed by atoms with Crippen LogP contribution in [0.5, 0.6) is 0 Å². The first-order valence-electron chi connectivity index (χ1n) is 6.92. The number of nitrogens with one attached hydrogen (secondary N) is 2. The largest absolute Gasteiger partial charge is 0.333 e. The van der Waals surface area contributed by atoms with Gasteiger partial charge in [-0.05, 0) is 29.9 Å². The molecule has 0 spiro atoms. The maximum absolute atomic E-state index is 12.6. The van der Waals surface area contributed by atoms with E-state index in [4.69, 9.17) is 0 Å². The van der Waals surface area contributed by atoms with Crippen molar-refractivity contribution in [1.29, 1.82) is 0 Å². The number of nitrogens with zero attached hydrogens (tertiary/aromatic N) is 2. The summed E-state index contributed by atoms with van der Waals surface area (Å²) in [5.41, 5.74) is 2.50. The maximum Gasteiger partial charge on any atom is 0.272 e. The van der Waals surface area contributed by atoms with Crippen molar-refractivity contribution in [3.63, 3.8) is 0 Å². The second kappa shape index (κ2) is 5.79. The van der Waals surface area contributed by atoms with E-state index in [1.54, 1.807) is 11.3 Å². The summed E-state index contributed by atoms with van der Waals surface area (Å²) >= 11 is 1.63. The minimum atomic E-state index is 0. The predicted molar refractivity (Wildman–Crippen MR) is 84.9 cm³/mol. The number of thiophene rings is 1. The third-order valence-corrected chi connectivity index (χ3v) is 5.01. The molecule has 0 bridgehead atoms. The third-order valence-electron chi connectivity index (χ3n) is 4.33. The van der Waals surface area contributed by atoms with Crippen LogP contribution in [0.15, 0.2) is 22.9 Å². The summed E-state index contributed by atoms with van der Waals surface area (Å²) in [5, 5.41) is 14.6. The lowest BCUT2D eigenvalue weighted by Crippen LogP contribution is -2.39. The van der Waals surface area contributed by atoms with Gasteiger partial charge in [0.15, 0.2) is 0 Å². The second-order valence-electron chi connectivity index (χ2n) is 5.45. The van der Waals surface area contributed by atoms with Gasteiger partial charge in [0.25, 0.3) is 5.91 Å². The summed E-state index contributed by atoms with van der Waals surface area (Å²) in [5.74, 6) is 0.702. The van der Waals surface area contributed by atoms with E-state index in [1.807, 2.05) is 27.8 Å². The molecule has 2 atom stereocenters. The van der Waals surface area contributed by atoms with E-state index in [0.717, 1.165) is 37.3 Å². The number of hydrogen-bond donors (Lipinski definition) is 2. The molecule has 0 aromatic carbocycles. The molecule has 1 amide bonds. The Morgan fingerprint density at radius 2 is 2.33 bits per heavy atom. The van der Waals surface area contributed by atoms with Crippen molar-refractivity contribution < 1.29 is 4.79 Å². The molecule has 5 nitrogen and oxygen atoms in total. The fourth-order valence-corrected chi connectivity index (χ4v) is 3.90. The molecule has 0 saturated carbocycles. The van der Waals surface area contributed by atoms with E-state index in [1.165, 1.54) is 0 Å². The lowest BCUT2D eigenvalue weighted by Gasteiger charge is -2.22. The highest BCUT2D eigenvalue weighted by Gasteiger charge is 2.40. The van der Waals surface area contributed by atoms with Crippen LogP contribution in [0.2, 0.25) is 0 Å². The average Bonchev–Trinajstić information content (AvgIpc) is 3.20. The van der Waals surface area contributed by atoms with E-state index < -0.39 is 0 Å². The van der Waals surface area contributed by atoms with Crippen LogP contribution < -0.4 is 5.32 Å². The summed E-state index contributed by atoms with van der Waals surface area (Å²) in [6, 6.07) is 4.23. The van der Waals surface area contributed by atoms with Crippen LogP contribution in [0, 0.1) is 5.92 Å². The Bertz CT molecular complexity index is 627. The highest BCUT2D eigenvalue weighted by Crippen LogP contribution is 2.29. The van der Waals surface area contributed by atoms with Crippen molar-refractivity contribution in [2.24, 2.45) is 5.92 Å². The minimum absolute atomic E-state index is 0. The van der Waals surface area contributed by atoms with Gasteiger partial charge < -0.3 is 10.2 Å². The normalized spacial score (nSPS) is 23.9. The molecule has 4 heterocycles. The van der Waals surface area contributed by atoms with Crippen LogP contribution >= 0.6 is 23.7 Å². The summed E-state index contributed by atoms with van der Waals surface area (Å²) in [4.78, 5) is 14.6. The predicted octanol–water partition coefficient (Wildman–Crippen LogP) is 1.99. The van der Waals surface area contributed by atoms with E-state index >= 15 is 0 Å². The zero-order valence-electron chi connectivity index (χ0n) is 11.4. The molecule has 7 heteroatoms. The van der Waals surface area contributed by atoms with Gasteiger partial charge in [0.1, 0.15) is 5.69 Å². The summed E-state index contributed by atoms with van der Waals surface area (Å²) in [6.07, 6.45) is 1.11. The van der Waals surface area contributed by atoms with Gasteiger partial charge in [-0.2, -0.15) is 16.4 Å². The highest BCUT2D eigenvalue weighted by molar-refractivity contribution is 7.08. The zero-order valence-corrected chi connectivity index (χ0v) is 13.0. The first kappa shape index (κ1) is 14.6. The lowest BCUT2D eigenvalue weighted by atomic mass is 10.1. The first-order chi connectivity index (χ1) is 9.83. The van der Waals surface area contributed by atoms with Crippen molar-refractivity contribution in [3.8, 4) is 11.3 Å². The Kier molecular flexibility index (Phi) is 4.01. The number of H-pyrrole nitrogens is 1. The van der Waals surface area contributed by atoms with Gasteiger partial charge in [0, 0.05) is 36.6 Å². The van der Waals surface area contributed by atoms with E-state index in [-0.39, 0.29) is 18.3 Å². The molecule has 0 unspecified atom stereocenters. The van der Waals surface area contributed by atoms with Crippen molar-refractivity contribution >= 4 is 29.7 Å². The van der Waals surface area contributed by atoms with Crippen molar-refractivity contribution in [3.05, 3.63) is 28.6 Å². The molecule has 2 aliphatic rings. The van der Waals surface area contributed by atoms with Crippen LogP contribution in [-0.2, 0) is 0 Å². The number of likely N-dealkylation sites (tertiary alicyclic amines) is 1. The fraction of sp³-hybridized carbons (Fsp3) is 0.429. The Labute approximate surface area is 133 Å². The van der Waals surface area contributed by atoms with E-state index in [2.05, 4.69) is 15.5 Å². The van der Waals surface area contributed by atoms with Crippen molar-refractivity contribution in [2.45, 2.75) is 12.5 Å². The van der Waals surface area contributed by atoms with Crippen LogP contribution in [-0.4, -0.2) is 46.7 Å². The van der Waals surface area contributed by atoms with Gasteiger partial charge in [0.2, 0.25) is 0 Å². The molecular weight excluding hydrogens is 308 g/mol. The molecular formula is C14H17ClN4OS. The molecule has 0 aliphatic carbocycles. The van der Waals surface area contributed by atoms with Gasteiger partial charge in [0.05, 0.1) is 5.69 Å². The Morgan fingerprint density at radius 1 is 1.43 bits per heavy atom. The molecule has 21 heavy (non-hydrogen) atoms. The van der Waals surface area contributed by atoms with Gasteiger partial charge >= 0.3 is 0 Å². The number of fused-ring (bicyclic) bond motifs is 1. The van der Waals surface area contributed by atoms with Crippen LogP contribution in [0.3, 0.4) is 0 Å². The summed E-state index contributed by atoms with van der Waals surface area (Å²) < 4.78 is 0. The van der Waals surface area contributed by atoms with Gasteiger partial charge in [-0.1, -0.05) is 0 Å². The molecule has 0 radical (unpaired) electrons. The van der Waals surface area contributed by atoms with Gasteiger partial charge in [-0.15, -0.1) is 12.4 Å². The van der Waals surface area contributed by atoms with Crippen molar-refractivity contribution in [1.82, 2.24) is 20.4 Å². The quantitative estimate of drug-likeness (QED) is 0.888. The SMILES string of the molecule is Cl.O=C(c1cc(-c2ccsc2)n[nH]1)N1CC[C@H]2CNC[C@H]21. The number of carbonyl (C=O) groups excluding carboxylic acids is 1. The topological polar surface area (TPSA) is 61.0 Å². The number of aromatic nitrogens is 2. The first-order valence-corrected chi connectivity index (χ1v) is 7.87. The number of amides is 1. The van der Waals surface area contributed by atoms with Crippen LogP contribution in [0.25, 0.3) is 11.3 Å². The van der Waals surface area contributed by atoms with E-state index in [9.17, 15) is 4.79 Å². The molecule has 2 aromatic heterocycles. The summed E-state index contributed by atoms with van der Waals surface area (Å²) in [6.45, 7) is 2.82. The average molecular weight is 325 g/mol. The number of aromatic amines is 1. The standard InChI is InChI=1S/C14H16N4OS.ClH/c19-14(18-3-1-9-6-15-7-13(9)18)12-5-11(16-17-12)10-2-4-20-8-10;/h2,4-5,8-9,13,15H,1,3,6-7H2,(H,16,17);1H/t9-,13+;/m0./s1. The van der Waals surface area contributed by atoms with Gasteiger partial charge in [-0.3, -0.25) is 9.89 Å². The molecule has 2 saturated heterocycles. The monoisotopic (exact) mass is 324 g/mol. The highest BCUT2D eigenvalue weighted by atomic mass is 35.5. The smallest absolute Gasteiger partial charge is 0.272 e. The number of carbonyl (C=O) groups is 1. The van der Waals surface area contributed by atoms with Crippen LogP contribution in [0.1, 0.15) is 16.9 Å². The number of rotatable bonds is 2. The lowest BCUT2D eigenvalue weighted by molar-refractivity contribution is 0.0731. The Hall–Kier alpha value is -1.37. The fourth-order valence-electron chi connectivity index (χ4n) is 3.25. The van der Waals surface area contributed by atoms with Crippen molar-refractivity contribution in [2.75, 3.05) is 19.6 Å². The second-order valence-corrected chi connectivity index (χ2v) is 6.23. The Morgan fingerprint density at radius 3 is 3.14 bits per heavy atom. The zero-order chi connectivity index (χ0) is 13.5.